The third-order valence-corrected chi connectivity index (χ3v) is 5.85. The molecule has 9 nitrogen and oxygen atoms in total. The van der Waals surface area contributed by atoms with E-state index in [4.69, 9.17) is 19.4 Å². The zero-order valence-corrected chi connectivity index (χ0v) is 22.4. The molecule has 0 bridgehead atoms. The van der Waals surface area contributed by atoms with Gasteiger partial charge in [-0.25, -0.2) is 0 Å². The zero-order valence-electron chi connectivity index (χ0n) is 22.4. The Morgan fingerprint density at radius 3 is 2.57 bits per heavy atom. The SMILES string of the molecule is CCCc1cc(CN(C)C)cc(-c2nc(-c3cc(C)c(OCC(O)CNC(=O)CO)c(CC)c3)no2)c1. The third kappa shape index (κ3) is 7.85. The van der Waals surface area contributed by atoms with Gasteiger partial charge in [0.15, 0.2) is 0 Å². The van der Waals surface area contributed by atoms with E-state index >= 15 is 0 Å². The molecule has 1 unspecified atom stereocenters. The number of rotatable bonds is 13. The second-order valence-corrected chi connectivity index (χ2v) is 9.51. The van der Waals surface area contributed by atoms with Gasteiger partial charge >= 0.3 is 0 Å². The molecule has 1 amide bonds. The Morgan fingerprint density at radius 2 is 1.89 bits per heavy atom. The van der Waals surface area contributed by atoms with Gasteiger partial charge in [-0.15, -0.1) is 0 Å². The summed E-state index contributed by atoms with van der Waals surface area (Å²) in [5.74, 6) is 1.13. The number of aryl methyl sites for hydroxylation is 3. The van der Waals surface area contributed by atoms with Gasteiger partial charge in [-0.1, -0.05) is 31.5 Å². The maximum atomic E-state index is 11.2. The largest absolute Gasteiger partial charge is 0.490 e. The number of carbonyl (C=O) groups is 1. The Hall–Kier alpha value is -3.27. The van der Waals surface area contributed by atoms with Crippen molar-refractivity contribution in [1.82, 2.24) is 20.4 Å². The summed E-state index contributed by atoms with van der Waals surface area (Å²) in [5, 5.41) is 25.6. The summed E-state index contributed by atoms with van der Waals surface area (Å²) in [5.41, 5.74) is 6.02. The number of nitrogens with zero attached hydrogens (tertiary/aromatic N) is 3. The van der Waals surface area contributed by atoms with Gasteiger partial charge in [-0.3, -0.25) is 4.79 Å². The van der Waals surface area contributed by atoms with Crippen LogP contribution in [0, 0.1) is 6.92 Å². The van der Waals surface area contributed by atoms with Crippen molar-refractivity contribution in [3.63, 3.8) is 0 Å². The Balaban J connectivity index is 1.82. The number of amides is 1. The van der Waals surface area contributed by atoms with Gasteiger partial charge < -0.3 is 29.7 Å². The van der Waals surface area contributed by atoms with Crippen LogP contribution in [-0.2, 0) is 24.2 Å². The maximum absolute atomic E-state index is 11.2. The molecule has 3 N–H and O–H groups in total. The van der Waals surface area contributed by atoms with Crippen molar-refractivity contribution in [3.8, 4) is 28.6 Å². The van der Waals surface area contributed by atoms with Crippen molar-refractivity contribution in [2.75, 3.05) is 33.9 Å². The van der Waals surface area contributed by atoms with E-state index < -0.39 is 18.6 Å². The van der Waals surface area contributed by atoms with E-state index in [1.807, 2.05) is 40.1 Å². The number of nitrogens with one attached hydrogen (secondary N) is 1. The Bertz CT molecular complexity index is 1190. The van der Waals surface area contributed by atoms with Crippen molar-refractivity contribution < 1.29 is 24.3 Å². The van der Waals surface area contributed by atoms with Crippen LogP contribution in [0.25, 0.3) is 22.8 Å². The average Bonchev–Trinajstić information content (AvgIpc) is 3.36. The summed E-state index contributed by atoms with van der Waals surface area (Å²) < 4.78 is 11.6. The molecule has 9 heteroatoms. The first-order chi connectivity index (χ1) is 17.7. The summed E-state index contributed by atoms with van der Waals surface area (Å²) in [7, 11) is 4.10. The number of hydrogen-bond acceptors (Lipinski definition) is 8. The van der Waals surface area contributed by atoms with Gasteiger partial charge in [0.1, 0.15) is 25.1 Å². The summed E-state index contributed by atoms with van der Waals surface area (Å²) in [6.07, 6.45) is 1.85. The van der Waals surface area contributed by atoms with Gasteiger partial charge in [0.25, 0.3) is 5.89 Å². The van der Waals surface area contributed by atoms with Crippen LogP contribution < -0.4 is 10.1 Å². The maximum Gasteiger partial charge on any atom is 0.258 e. The van der Waals surface area contributed by atoms with Gasteiger partial charge in [-0.2, -0.15) is 4.98 Å². The van der Waals surface area contributed by atoms with Crippen LogP contribution >= 0.6 is 0 Å². The highest BCUT2D eigenvalue weighted by atomic mass is 16.5. The molecule has 3 rings (SSSR count). The number of ether oxygens (including phenoxy) is 1. The van der Waals surface area contributed by atoms with E-state index in [9.17, 15) is 9.90 Å². The van der Waals surface area contributed by atoms with E-state index in [-0.39, 0.29) is 13.2 Å². The Morgan fingerprint density at radius 1 is 1.14 bits per heavy atom. The highest BCUT2D eigenvalue weighted by Gasteiger charge is 2.17. The third-order valence-electron chi connectivity index (χ3n) is 5.85. The van der Waals surface area contributed by atoms with Gasteiger partial charge in [0, 0.05) is 24.2 Å². The minimum atomic E-state index is -0.903. The Labute approximate surface area is 218 Å². The number of aliphatic hydroxyl groups is 2. The lowest BCUT2D eigenvalue weighted by Gasteiger charge is -2.17. The highest BCUT2D eigenvalue weighted by Crippen LogP contribution is 2.32. The summed E-state index contributed by atoms with van der Waals surface area (Å²) in [6, 6.07) is 10.4. The predicted molar refractivity (Wildman–Crippen MR) is 142 cm³/mol. The van der Waals surface area contributed by atoms with Crippen molar-refractivity contribution in [1.29, 1.82) is 0 Å². The molecule has 1 atom stereocenters. The van der Waals surface area contributed by atoms with Gasteiger partial charge in [0.2, 0.25) is 11.7 Å². The molecule has 0 aliphatic rings. The first kappa shape index (κ1) is 28.3. The van der Waals surface area contributed by atoms with Crippen LogP contribution in [0.4, 0.5) is 0 Å². The summed E-state index contributed by atoms with van der Waals surface area (Å²) in [4.78, 5) is 18.0. The molecule has 0 radical (unpaired) electrons. The minimum Gasteiger partial charge on any atom is -0.490 e. The molecule has 2 aromatic carbocycles. The number of aromatic nitrogens is 2. The van der Waals surface area contributed by atoms with E-state index in [0.717, 1.165) is 41.6 Å². The number of carbonyl (C=O) groups excluding carboxylic acids is 1. The lowest BCUT2D eigenvalue weighted by Crippen LogP contribution is -2.36. The molecular weight excluding hydrogens is 472 g/mol. The fourth-order valence-corrected chi connectivity index (χ4v) is 4.20. The van der Waals surface area contributed by atoms with Crippen molar-refractivity contribution in [3.05, 3.63) is 52.6 Å². The molecule has 0 aliphatic carbocycles. The van der Waals surface area contributed by atoms with Crippen molar-refractivity contribution in [2.45, 2.75) is 52.7 Å². The number of benzene rings is 2. The van der Waals surface area contributed by atoms with Crippen LogP contribution in [0.2, 0.25) is 0 Å². The zero-order chi connectivity index (χ0) is 26.9. The molecule has 0 saturated heterocycles. The van der Waals surface area contributed by atoms with Crippen LogP contribution in [0.5, 0.6) is 5.75 Å². The van der Waals surface area contributed by atoms with Crippen LogP contribution in [-0.4, -0.2) is 71.1 Å². The highest BCUT2D eigenvalue weighted by molar-refractivity contribution is 5.76. The standard InChI is InChI=1S/C28H38N4O5/c1-6-8-19-10-20(15-32(4)5)12-23(11-19)28-30-27(31-37-28)22-9-18(3)26(21(7-2)13-22)36-17-24(34)14-29-25(35)16-33/h9-13,24,33-34H,6-8,14-17H2,1-5H3,(H,29,35). The van der Waals surface area contributed by atoms with Crippen molar-refractivity contribution >= 4 is 5.91 Å². The summed E-state index contributed by atoms with van der Waals surface area (Å²) in [6.45, 7) is 6.34. The fourth-order valence-electron chi connectivity index (χ4n) is 4.20. The van der Waals surface area contributed by atoms with E-state index in [1.165, 1.54) is 11.1 Å². The normalized spacial score (nSPS) is 12.1. The lowest BCUT2D eigenvalue weighted by molar-refractivity contribution is -0.124. The number of hydrogen-bond donors (Lipinski definition) is 3. The molecule has 1 aromatic heterocycles. The molecule has 0 fully saturated rings. The monoisotopic (exact) mass is 510 g/mol. The van der Waals surface area contributed by atoms with Gasteiger partial charge in [-0.05, 0) is 80.4 Å². The van der Waals surface area contributed by atoms with Gasteiger partial charge in [0.05, 0.1) is 0 Å². The molecule has 0 aliphatic heterocycles. The second-order valence-electron chi connectivity index (χ2n) is 9.51. The molecule has 3 aromatic rings. The molecule has 37 heavy (non-hydrogen) atoms. The van der Waals surface area contributed by atoms with E-state index in [1.54, 1.807) is 0 Å². The molecule has 0 saturated carbocycles. The van der Waals surface area contributed by atoms with Crippen LogP contribution in [0.3, 0.4) is 0 Å². The second kappa shape index (κ2) is 13.3. The number of aliphatic hydroxyl groups excluding tert-OH is 2. The average molecular weight is 511 g/mol. The lowest BCUT2D eigenvalue weighted by atomic mass is 10.0. The van der Waals surface area contributed by atoms with E-state index in [0.29, 0.717) is 23.9 Å². The summed E-state index contributed by atoms with van der Waals surface area (Å²) >= 11 is 0. The fraction of sp³-hybridized carbons (Fsp3) is 0.464. The van der Waals surface area contributed by atoms with E-state index in [2.05, 4.69) is 40.5 Å². The first-order valence-electron chi connectivity index (χ1n) is 12.7. The molecule has 1 heterocycles. The molecule has 0 spiro atoms. The van der Waals surface area contributed by atoms with Crippen molar-refractivity contribution in [2.24, 2.45) is 0 Å². The van der Waals surface area contributed by atoms with Crippen LogP contribution in [0.15, 0.2) is 34.9 Å². The minimum absolute atomic E-state index is 0.000662. The smallest absolute Gasteiger partial charge is 0.258 e. The topological polar surface area (TPSA) is 121 Å². The van der Waals surface area contributed by atoms with Crippen LogP contribution in [0.1, 0.15) is 42.5 Å². The molecule has 200 valence electrons. The molecular formula is C28H38N4O5. The quantitative estimate of drug-likeness (QED) is 0.321. The first-order valence-corrected chi connectivity index (χ1v) is 12.7. The predicted octanol–water partition coefficient (Wildman–Crippen LogP) is 3.14. The Kier molecular flexibility index (Phi) is 10.2.